The highest BCUT2D eigenvalue weighted by atomic mass is 79.9. The number of rotatable bonds is 5. The van der Waals surface area contributed by atoms with Crippen LogP contribution in [-0.4, -0.2) is 25.2 Å². The molecule has 2 aromatic heterocycles. The van der Waals surface area contributed by atoms with Gasteiger partial charge in [0.05, 0.1) is 28.7 Å². The first-order chi connectivity index (χ1) is 13.6. The number of aromatic nitrogens is 4. The molecule has 0 spiro atoms. The van der Waals surface area contributed by atoms with Gasteiger partial charge in [-0.15, -0.1) is 0 Å². The van der Waals surface area contributed by atoms with E-state index in [1.54, 1.807) is 35.5 Å². The molecule has 0 bridgehead atoms. The third-order valence-corrected chi connectivity index (χ3v) is 4.90. The van der Waals surface area contributed by atoms with Crippen molar-refractivity contribution >= 4 is 21.8 Å². The van der Waals surface area contributed by atoms with Crippen molar-refractivity contribution in [2.45, 2.75) is 13.0 Å². The summed E-state index contributed by atoms with van der Waals surface area (Å²) in [6.07, 6.45) is 8.98. The van der Waals surface area contributed by atoms with E-state index in [2.05, 4.69) is 31.3 Å². The van der Waals surface area contributed by atoms with Crippen molar-refractivity contribution in [2.75, 3.05) is 0 Å². The lowest BCUT2D eigenvalue weighted by Crippen LogP contribution is -2.26. The molecule has 4 aromatic rings. The van der Waals surface area contributed by atoms with Gasteiger partial charge in [0.1, 0.15) is 0 Å². The number of benzene rings is 2. The summed E-state index contributed by atoms with van der Waals surface area (Å²) < 4.78 is 4.59. The monoisotopic (exact) mass is 435 g/mol. The smallest absolute Gasteiger partial charge is 0.251 e. The first kappa shape index (κ1) is 18.2. The molecule has 0 aliphatic carbocycles. The highest BCUT2D eigenvalue weighted by Gasteiger charge is 2.12. The summed E-state index contributed by atoms with van der Waals surface area (Å²) in [6, 6.07) is 15.3. The van der Waals surface area contributed by atoms with E-state index in [1.807, 2.05) is 60.3 Å². The number of nitrogens with zero attached hydrogens (tertiary/aromatic N) is 4. The third-order valence-electron chi connectivity index (χ3n) is 4.49. The van der Waals surface area contributed by atoms with E-state index in [9.17, 15) is 4.79 Å². The zero-order valence-electron chi connectivity index (χ0n) is 15.2. The Hall–Kier alpha value is -3.19. The number of imidazole rings is 1. The molecule has 1 N–H and O–H groups in total. The van der Waals surface area contributed by atoms with Crippen molar-refractivity contribution in [3.63, 3.8) is 0 Å². The largest absolute Gasteiger partial charge is 0.346 e. The number of nitrogens with one attached hydrogen (secondary N) is 1. The number of carbonyl (C=O) groups excluding carboxylic acids is 1. The van der Waals surface area contributed by atoms with Gasteiger partial charge in [-0.2, -0.15) is 5.10 Å². The number of amides is 1. The Balaban J connectivity index is 1.42. The molecule has 140 valence electrons. The molecule has 0 saturated carbocycles. The lowest BCUT2D eigenvalue weighted by molar-refractivity contribution is 0.0940. The summed E-state index contributed by atoms with van der Waals surface area (Å²) in [4.78, 5) is 16.6. The number of hydrogen-bond acceptors (Lipinski definition) is 3. The number of halogens is 1. The second kappa shape index (κ2) is 7.82. The maximum Gasteiger partial charge on any atom is 0.251 e. The molecule has 2 aromatic carbocycles. The average molecular weight is 436 g/mol. The van der Waals surface area contributed by atoms with E-state index >= 15 is 0 Å². The third kappa shape index (κ3) is 3.89. The Kier molecular flexibility index (Phi) is 5.08. The lowest BCUT2D eigenvalue weighted by atomic mass is 10.1. The van der Waals surface area contributed by atoms with Gasteiger partial charge in [0.25, 0.3) is 5.91 Å². The van der Waals surface area contributed by atoms with E-state index in [4.69, 9.17) is 0 Å². The maximum atomic E-state index is 12.6. The second-order valence-electron chi connectivity index (χ2n) is 6.41. The molecule has 0 fully saturated rings. The zero-order valence-corrected chi connectivity index (χ0v) is 16.7. The molecular weight excluding hydrogens is 418 g/mol. The highest BCUT2D eigenvalue weighted by molar-refractivity contribution is 9.10. The van der Waals surface area contributed by atoms with E-state index in [1.165, 1.54) is 0 Å². The van der Waals surface area contributed by atoms with Crippen molar-refractivity contribution in [2.24, 2.45) is 0 Å². The van der Waals surface area contributed by atoms with Crippen LogP contribution >= 0.6 is 15.9 Å². The molecule has 4 rings (SSSR count). The van der Waals surface area contributed by atoms with Gasteiger partial charge in [-0.05, 0) is 64.8 Å². The summed E-state index contributed by atoms with van der Waals surface area (Å²) in [6.45, 7) is 1.97. The minimum Gasteiger partial charge on any atom is -0.346 e. The SMILES string of the molecule is CC(NC(=O)c1ccc(-n2cc(Br)cn2)cc1)c1ccc(-n2ccnc2)cc1. The Morgan fingerprint density at radius 3 is 2.39 bits per heavy atom. The molecular formula is C21H18BrN5O. The van der Waals surface area contributed by atoms with Crippen molar-refractivity contribution in [3.8, 4) is 11.4 Å². The Labute approximate surface area is 171 Å². The number of carbonyl (C=O) groups is 1. The summed E-state index contributed by atoms with van der Waals surface area (Å²) >= 11 is 3.38. The van der Waals surface area contributed by atoms with E-state index in [-0.39, 0.29) is 11.9 Å². The van der Waals surface area contributed by atoms with Crippen LogP contribution in [-0.2, 0) is 0 Å². The van der Waals surface area contributed by atoms with Gasteiger partial charge in [-0.25, -0.2) is 9.67 Å². The first-order valence-corrected chi connectivity index (χ1v) is 9.59. The van der Waals surface area contributed by atoms with Gasteiger partial charge in [-0.1, -0.05) is 12.1 Å². The van der Waals surface area contributed by atoms with Crippen molar-refractivity contribution in [3.05, 3.63) is 95.2 Å². The lowest BCUT2D eigenvalue weighted by Gasteiger charge is -2.15. The summed E-state index contributed by atoms with van der Waals surface area (Å²) in [5.41, 5.74) is 3.57. The van der Waals surface area contributed by atoms with Crippen LogP contribution in [0.2, 0.25) is 0 Å². The van der Waals surface area contributed by atoms with E-state index in [0.717, 1.165) is 21.4 Å². The van der Waals surface area contributed by atoms with Crippen LogP contribution in [0.25, 0.3) is 11.4 Å². The minimum atomic E-state index is -0.112. The molecule has 0 radical (unpaired) electrons. The van der Waals surface area contributed by atoms with Crippen molar-refractivity contribution in [1.29, 1.82) is 0 Å². The maximum absolute atomic E-state index is 12.6. The molecule has 28 heavy (non-hydrogen) atoms. The van der Waals surface area contributed by atoms with Crippen LogP contribution in [0.15, 0.2) is 84.1 Å². The minimum absolute atomic E-state index is 0.105. The Morgan fingerprint density at radius 1 is 1.07 bits per heavy atom. The standard InChI is InChI=1S/C21H18BrN5O/c1-15(16-2-6-19(7-3-16)26-11-10-23-14-26)25-21(28)17-4-8-20(9-5-17)27-13-18(22)12-24-27/h2-15H,1H3,(H,25,28). The fourth-order valence-corrected chi connectivity index (χ4v) is 3.20. The molecule has 2 heterocycles. The van der Waals surface area contributed by atoms with Crippen LogP contribution in [0.3, 0.4) is 0 Å². The zero-order chi connectivity index (χ0) is 19.5. The first-order valence-electron chi connectivity index (χ1n) is 8.80. The van der Waals surface area contributed by atoms with Crippen LogP contribution in [0, 0.1) is 0 Å². The molecule has 0 aliphatic heterocycles. The van der Waals surface area contributed by atoms with Crippen molar-refractivity contribution < 1.29 is 4.79 Å². The molecule has 7 heteroatoms. The fourth-order valence-electron chi connectivity index (χ4n) is 2.92. The van der Waals surface area contributed by atoms with Crippen molar-refractivity contribution in [1.82, 2.24) is 24.6 Å². The quantitative estimate of drug-likeness (QED) is 0.507. The highest BCUT2D eigenvalue weighted by Crippen LogP contribution is 2.17. The normalized spacial score (nSPS) is 11.9. The molecule has 0 aliphatic rings. The predicted octanol–water partition coefficient (Wildman–Crippen LogP) is 4.31. The fraction of sp³-hybridized carbons (Fsp3) is 0.0952. The van der Waals surface area contributed by atoms with Gasteiger partial charge in [0, 0.05) is 29.8 Å². The van der Waals surface area contributed by atoms with Crippen LogP contribution in [0.1, 0.15) is 28.9 Å². The molecule has 0 saturated heterocycles. The molecule has 1 amide bonds. The summed E-state index contributed by atoms with van der Waals surface area (Å²) in [5, 5.41) is 7.28. The molecule has 6 nitrogen and oxygen atoms in total. The predicted molar refractivity (Wildman–Crippen MR) is 111 cm³/mol. The van der Waals surface area contributed by atoms with E-state index < -0.39 is 0 Å². The van der Waals surface area contributed by atoms with Crippen LogP contribution in [0.4, 0.5) is 0 Å². The van der Waals surface area contributed by atoms with Crippen LogP contribution in [0.5, 0.6) is 0 Å². The molecule has 1 unspecified atom stereocenters. The van der Waals surface area contributed by atoms with Gasteiger partial charge in [-0.3, -0.25) is 4.79 Å². The van der Waals surface area contributed by atoms with Crippen LogP contribution < -0.4 is 5.32 Å². The summed E-state index contributed by atoms with van der Waals surface area (Å²) in [7, 11) is 0. The van der Waals surface area contributed by atoms with Gasteiger partial charge >= 0.3 is 0 Å². The topological polar surface area (TPSA) is 64.7 Å². The second-order valence-corrected chi connectivity index (χ2v) is 7.32. The van der Waals surface area contributed by atoms with Gasteiger partial charge in [0.2, 0.25) is 0 Å². The van der Waals surface area contributed by atoms with Gasteiger partial charge in [0.15, 0.2) is 0 Å². The molecule has 1 atom stereocenters. The Bertz CT molecular complexity index is 1070. The van der Waals surface area contributed by atoms with E-state index in [0.29, 0.717) is 5.56 Å². The number of hydrogen-bond donors (Lipinski definition) is 1. The average Bonchev–Trinajstić information content (AvgIpc) is 3.40. The van der Waals surface area contributed by atoms with Gasteiger partial charge < -0.3 is 9.88 Å². The Morgan fingerprint density at radius 2 is 1.79 bits per heavy atom. The summed E-state index contributed by atoms with van der Waals surface area (Å²) in [5.74, 6) is -0.112.